The van der Waals surface area contributed by atoms with E-state index in [0.29, 0.717) is 11.4 Å². The van der Waals surface area contributed by atoms with Gasteiger partial charge in [-0.3, -0.25) is 14.4 Å². The highest BCUT2D eigenvalue weighted by atomic mass is 19.1. The van der Waals surface area contributed by atoms with E-state index in [2.05, 4.69) is 15.7 Å². The Bertz CT molecular complexity index is 1140. The van der Waals surface area contributed by atoms with Crippen molar-refractivity contribution in [2.75, 3.05) is 10.6 Å². The van der Waals surface area contributed by atoms with Crippen molar-refractivity contribution in [3.05, 3.63) is 76.3 Å². The predicted molar refractivity (Wildman–Crippen MR) is 113 cm³/mol. The molecule has 2 amide bonds. The summed E-state index contributed by atoms with van der Waals surface area (Å²) in [4.78, 5) is 37.1. The fourth-order valence-electron chi connectivity index (χ4n) is 2.81. The summed E-state index contributed by atoms with van der Waals surface area (Å²) in [6.45, 7) is 4.76. The lowest BCUT2D eigenvalue weighted by Crippen LogP contribution is -2.35. The molecule has 1 atom stereocenters. The molecule has 2 N–H and O–H groups in total. The van der Waals surface area contributed by atoms with Crippen LogP contribution in [0.1, 0.15) is 25.5 Å². The molecular formula is C22H21FN4O3. The summed E-state index contributed by atoms with van der Waals surface area (Å²) in [7, 11) is 0. The zero-order chi connectivity index (χ0) is 21.8. The van der Waals surface area contributed by atoms with E-state index < -0.39 is 29.2 Å². The molecule has 30 heavy (non-hydrogen) atoms. The lowest BCUT2D eigenvalue weighted by molar-refractivity contribution is -0.119. The number of aryl methyl sites for hydroxylation is 1. The first-order valence-electron chi connectivity index (χ1n) is 9.29. The summed E-state index contributed by atoms with van der Waals surface area (Å²) in [5.74, 6) is -1.35. The minimum absolute atomic E-state index is 0.0227. The van der Waals surface area contributed by atoms with Gasteiger partial charge >= 0.3 is 0 Å². The molecule has 1 unspecified atom stereocenters. The Hall–Kier alpha value is -3.81. The molecule has 0 saturated heterocycles. The number of aromatic nitrogens is 2. The highest BCUT2D eigenvalue weighted by molar-refractivity contribution is 5.93. The summed E-state index contributed by atoms with van der Waals surface area (Å²) in [5.41, 5.74) is 2.02. The van der Waals surface area contributed by atoms with Gasteiger partial charge in [0.25, 0.3) is 5.56 Å². The number of rotatable bonds is 5. The Labute approximate surface area is 172 Å². The summed E-state index contributed by atoms with van der Waals surface area (Å²) in [5, 5.41) is 9.48. The Morgan fingerprint density at radius 2 is 1.67 bits per heavy atom. The lowest BCUT2D eigenvalue weighted by Gasteiger charge is -2.17. The van der Waals surface area contributed by atoms with Gasteiger partial charge in [-0.1, -0.05) is 29.8 Å². The Balaban J connectivity index is 2.00. The quantitative estimate of drug-likeness (QED) is 0.676. The van der Waals surface area contributed by atoms with Crippen LogP contribution in [0.3, 0.4) is 0 Å². The van der Waals surface area contributed by atoms with Gasteiger partial charge in [-0.25, -0.2) is 9.07 Å². The molecule has 1 aromatic heterocycles. The fraction of sp³-hybridized carbons (Fsp3) is 0.182. The van der Waals surface area contributed by atoms with Gasteiger partial charge in [0.1, 0.15) is 17.5 Å². The maximum Gasteiger partial charge on any atom is 0.291 e. The van der Waals surface area contributed by atoms with E-state index in [0.717, 1.165) is 15.8 Å². The van der Waals surface area contributed by atoms with Crippen molar-refractivity contribution in [1.82, 2.24) is 9.78 Å². The first-order valence-corrected chi connectivity index (χ1v) is 9.29. The number of carbonyl (C=O) groups is 2. The molecule has 0 radical (unpaired) electrons. The molecule has 0 spiro atoms. The molecule has 7 nitrogen and oxygen atoms in total. The Morgan fingerprint density at radius 3 is 2.27 bits per heavy atom. The molecule has 3 rings (SSSR count). The van der Waals surface area contributed by atoms with Crippen LogP contribution in [0.5, 0.6) is 0 Å². The monoisotopic (exact) mass is 408 g/mol. The summed E-state index contributed by atoms with van der Waals surface area (Å²) in [6, 6.07) is 13.2. The molecule has 8 heteroatoms. The maximum absolute atomic E-state index is 13.1. The molecule has 0 aliphatic heterocycles. The van der Waals surface area contributed by atoms with E-state index in [4.69, 9.17) is 0 Å². The Kier molecular flexibility index (Phi) is 6.06. The fourth-order valence-corrected chi connectivity index (χ4v) is 2.81. The van der Waals surface area contributed by atoms with Crippen LogP contribution in [0.15, 0.2) is 59.4 Å². The molecule has 1 heterocycles. The number of benzene rings is 2. The van der Waals surface area contributed by atoms with Crippen LogP contribution in [-0.4, -0.2) is 21.6 Å². The maximum atomic E-state index is 13.1. The largest absolute Gasteiger partial charge is 0.324 e. The van der Waals surface area contributed by atoms with Crippen LogP contribution < -0.4 is 16.2 Å². The molecule has 154 valence electrons. The third kappa shape index (κ3) is 4.78. The molecular weight excluding hydrogens is 387 g/mol. The van der Waals surface area contributed by atoms with E-state index in [1.54, 1.807) is 0 Å². The van der Waals surface area contributed by atoms with E-state index in [1.165, 1.54) is 44.2 Å². The van der Waals surface area contributed by atoms with Crippen molar-refractivity contribution >= 4 is 23.2 Å². The van der Waals surface area contributed by atoms with Gasteiger partial charge in [0.2, 0.25) is 11.8 Å². The normalized spacial score (nSPS) is 11.6. The number of hydrogen-bond acceptors (Lipinski definition) is 4. The first-order chi connectivity index (χ1) is 14.2. The minimum Gasteiger partial charge on any atom is -0.324 e. The topological polar surface area (TPSA) is 93.1 Å². The molecule has 2 aromatic carbocycles. The van der Waals surface area contributed by atoms with Crippen LogP contribution >= 0.6 is 0 Å². The van der Waals surface area contributed by atoms with Crippen LogP contribution in [0, 0.1) is 12.7 Å². The number of nitrogens with zero attached hydrogens (tertiary/aromatic N) is 2. The average Bonchev–Trinajstić information content (AvgIpc) is 2.71. The zero-order valence-corrected chi connectivity index (χ0v) is 16.8. The minimum atomic E-state index is -0.986. The van der Waals surface area contributed by atoms with E-state index in [-0.39, 0.29) is 5.69 Å². The molecule has 0 fully saturated rings. The predicted octanol–water partition coefficient (Wildman–Crippen LogP) is 3.52. The smallest absolute Gasteiger partial charge is 0.291 e. The molecule has 0 saturated carbocycles. The van der Waals surface area contributed by atoms with Crippen molar-refractivity contribution in [1.29, 1.82) is 0 Å². The summed E-state index contributed by atoms with van der Waals surface area (Å²) < 4.78 is 14.1. The second kappa shape index (κ2) is 8.69. The lowest BCUT2D eigenvalue weighted by atomic mass is 10.1. The van der Waals surface area contributed by atoms with Crippen LogP contribution in [0.25, 0.3) is 11.3 Å². The van der Waals surface area contributed by atoms with E-state index in [1.807, 2.05) is 31.2 Å². The van der Waals surface area contributed by atoms with E-state index >= 15 is 0 Å². The van der Waals surface area contributed by atoms with Gasteiger partial charge in [-0.05, 0) is 44.2 Å². The highest BCUT2D eigenvalue weighted by Gasteiger charge is 2.21. The van der Waals surface area contributed by atoms with Gasteiger partial charge < -0.3 is 10.6 Å². The second-order valence-corrected chi connectivity index (χ2v) is 6.91. The van der Waals surface area contributed by atoms with Crippen LogP contribution in [0.2, 0.25) is 0 Å². The van der Waals surface area contributed by atoms with Crippen LogP contribution in [0.4, 0.5) is 15.8 Å². The number of nitrogens with one attached hydrogen (secondary N) is 2. The van der Waals surface area contributed by atoms with Gasteiger partial charge in [-0.2, -0.15) is 5.10 Å². The number of anilines is 2. The Morgan fingerprint density at radius 1 is 1.03 bits per heavy atom. The molecule has 3 aromatic rings. The van der Waals surface area contributed by atoms with Gasteiger partial charge in [0, 0.05) is 18.2 Å². The first kappa shape index (κ1) is 20.9. The van der Waals surface area contributed by atoms with Crippen LogP contribution in [-0.2, 0) is 9.59 Å². The van der Waals surface area contributed by atoms with Crippen molar-refractivity contribution in [3.8, 4) is 11.3 Å². The molecule has 0 aliphatic rings. The van der Waals surface area contributed by atoms with Crippen molar-refractivity contribution < 1.29 is 14.0 Å². The number of carbonyl (C=O) groups excluding carboxylic acids is 2. The SMILES string of the molecule is CC(=O)Nc1cc(-c2ccc(C)cc2)nn(C(C)C(=O)Nc2ccc(F)cc2)c1=O. The van der Waals surface area contributed by atoms with Crippen molar-refractivity contribution in [2.24, 2.45) is 0 Å². The molecule has 0 aliphatic carbocycles. The molecule has 0 bridgehead atoms. The number of halogens is 1. The number of amides is 2. The van der Waals surface area contributed by atoms with Gasteiger partial charge in [-0.15, -0.1) is 0 Å². The standard InChI is InChI=1S/C22H21FN4O3/c1-13-4-6-16(7-5-13)19-12-20(24-15(3)28)22(30)27(26-19)14(2)21(29)25-18-10-8-17(23)9-11-18/h4-12,14H,1-3H3,(H,24,28)(H,25,29). The van der Waals surface area contributed by atoms with E-state index in [9.17, 15) is 18.8 Å². The third-order valence-electron chi connectivity index (χ3n) is 4.45. The third-order valence-corrected chi connectivity index (χ3v) is 4.45. The highest BCUT2D eigenvalue weighted by Crippen LogP contribution is 2.20. The average molecular weight is 408 g/mol. The van der Waals surface area contributed by atoms with Gasteiger partial charge in [0.15, 0.2) is 0 Å². The van der Waals surface area contributed by atoms with Crippen molar-refractivity contribution in [2.45, 2.75) is 26.8 Å². The van der Waals surface area contributed by atoms with Crippen molar-refractivity contribution in [3.63, 3.8) is 0 Å². The number of hydrogen-bond donors (Lipinski definition) is 2. The second-order valence-electron chi connectivity index (χ2n) is 6.91. The summed E-state index contributed by atoms with van der Waals surface area (Å²) >= 11 is 0. The summed E-state index contributed by atoms with van der Waals surface area (Å²) in [6.07, 6.45) is 0. The zero-order valence-electron chi connectivity index (χ0n) is 16.8. The van der Waals surface area contributed by atoms with Gasteiger partial charge in [0.05, 0.1) is 5.69 Å².